The largest absolute Gasteiger partial charge is 0.314 e. The van der Waals surface area contributed by atoms with Gasteiger partial charge in [0.15, 0.2) is 0 Å². The van der Waals surface area contributed by atoms with Gasteiger partial charge in [0.2, 0.25) is 0 Å². The zero-order valence-corrected chi connectivity index (χ0v) is 9.81. The fraction of sp³-hybridized carbons (Fsp3) is 0.500. The zero-order chi connectivity index (χ0) is 10.2. The van der Waals surface area contributed by atoms with E-state index in [1.807, 2.05) is 11.8 Å². The molecule has 1 aromatic rings. The summed E-state index contributed by atoms with van der Waals surface area (Å²) in [5.74, 6) is 2.30. The molecule has 78 valence electrons. The van der Waals surface area contributed by atoms with Crippen LogP contribution in [0.2, 0.25) is 0 Å². The summed E-state index contributed by atoms with van der Waals surface area (Å²) in [4.78, 5) is 0. The van der Waals surface area contributed by atoms with Gasteiger partial charge in [-0.1, -0.05) is 37.3 Å². The molecule has 0 aliphatic carbocycles. The third-order valence-electron chi connectivity index (χ3n) is 2.03. The van der Waals surface area contributed by atoms with E-state index < -0.39 is 0 Å². The summed E-state index contributed by atoms with van der Waals surface area (Å²) in [5, 5.41) is 3.41. The maximum absolute atomic E-state index is 3.41. The lowest BCUT2D eigenvalue weighted by atomic mass is 10.2. The molecule has 0 fully saturated rings. The van der Waals surface area contributed by atoms with Gasteiger partial charge in [-0.15, -0.1) is 0 Å². The molecule has 0 aliphatic heterocycles. The van der Waals surface area contributed by atoms with E-state index in [0.717, 1.165) is 12.3 Å². The van der Waals surface area contributed by atoms with E-state index in [2.05, 4.69) is 49.5 Å². The Morgan fingerprint density at radius 3 is 2.64 bits per heavy atom. The van der Waals surface area contributed by atoms with Crippen LogP contribution in [0.1, 0.15) is 19.4 Å². The molecule has 0 spiro atoms. The summed E-state index contributed by atoms with van der Waals surface area (Å²) in [6, 6.07) is 11.3. The Morgan fingerprint density at radius 2 is 2.00 bits per heavy atom. The van der Waals surface area contributed by atoms with Crippen molar-refractivity contribution in [2.45, 2.75) is 25.6 Å². The SMILES string of the molecule is CCNC(C)CSCc1ccccc1. The smallest absolute Gasteiger partial charge is 0.0185 e. The minimum Gasteiger partial charge on any atom is -0.314 e. The van der Waals surface area contributed by atoms with Gasteiger partial charge in [-0.05, 0) is 19.0 Å². The number of benzene rings is 1. The average Bonchev–Trinajstić information content (AvgIpc) is 2.20. The maximum Gasteiger partial charge on any atom is 0.0185 e. The first-order chi connectivity index (χ1) is 6.83. The average molecular weight is 209 g/mol. The van der Waals surface area contributed by atoms with Gasteiger partial charge in [0.05, 0.1) is 0 Å². The van der Waals surface area contributed by atoms with Gasteiger partial charge in [-0.2, -0.15) is 11.8 Å². The molecule has 0 heterocycles. The molecule has 0 aliphatic rings. The van der Waals surface area contributed by atoms with Gasteiger partial charge < -0.3 is 5.32 Å². The number of rotatable bonds is 6. The first-order valence-electron chi connectivity index (χ1n) is 5.18. The summed E-state index contributed by atoms with van der Waals surface area (Å²) < 4.78 is 0. The van der Waals surface area contributed by atoms with Gasteiger partial charge in [-0.3, -0.25) is 0 Å². The molecule has 1 atom stereocenters. The van der Waals surface area contributed by atoms with Gasteiger partial charge in [-0.25, -0.2) is 0 Å². The molecule has 0 aromatic heterocycles. The highest BCUT2D eigenvalue weighted by Gasteiger charge is 1.99. The van der Waals surface area contributed by atoms with Crippen LogP contribution in [0.3, 0.4) is 0 Å². The third-order valence-corrected chi connectivity index (χ3v) is 3.31. The molecule has 1 aromatic carbocycles. The van der Waals surface area contributed by atoms with E-state index in [1.54, 1.807) is 0 Å². The number of thioether (sulfide) groups is 1. The highest BCUT2D eigenvalue weighted by Crippen LogP contribution is 2.12. The first-order valence-corrected chi connectivity index (χ1v) is 6.33. The zero-order valence-electron chi connectivity index (χ0n) is 8.99. The van der Waals surface area contributed by atoms with Gasteiger partial charge in [0, 0.05) is 17.5 Å². The lowest BCUT2D eigenvalue weighted by Gasteiger charge is -2.11. The lowest BCUT2D eigenvalue weighted by molar-refractivity contribution is 0.620. The standard InChI is InChI=1S/C12H19NS/c1-3-13-11(2)9-14-10-12-7-5-4-6-8-12/h4-8,11,13H,3,9-10H2,1-2H3. The Labute approximate surface area is 91.3 Å². The Hall–Kier alpha value is -0.470. The van der Waals surface area contributed by atoms with Crippen molar-refractivity contribution in [3.8, 4) is 0 Å². The minimum atomic E-state index is 0.619. The molecule has 0 amide bonds. The molecule has 0 bridgehead atoms. The number of nitrogens with one attached hydrogen (secondary N) is 1. The van der Waals surface area contributed by atoms with Crippen molar-refractivity contribution >= 4 is 11.8 Å². The fourth-order valence-corrected chi connectivity index (χ4v) is 2.35. The van der Waals surface area contributed by atoms with Crippen LogP contribution in [0, 0.1) is 0 Å². The van der Waals surface area contributed by atoms with Crippen molar-refractivity contribution in [3.63, 3.8) is 0 Å². The van der Waals surface area contributed by atoms with E-state index in [-0.39, 0.29) is 0 Å². The number of hydrogen-bond donors (Lipinski definition) is 1. The molecule has 1 nitrogen and oxygen atoms in total. The van der Waals surface area contributed by atoms with Crippen molar-refractivity contribution < 1.29 is 0 Å². The molecule has 2 heteroatoms. The Balaban J connectivity index is 2.16. The van der Waals surface area contributed by atoms with E-state index >= 15 is 0 Å². The highest BCUT2D eigenvalue weighted by molar-refractivity contribution is 7.98. The second-order valence-corrected chi connectivity index (χ2v) is 4.49. The van der Waals surface area contributed by atoms with Crippen LogP contribution in [0.15, 0.2) is 30.3 Å². The van der Waals surface area contributed by atoms with E-state index in [1.165, 1.54) is 11.3 Å². The summed E-state index contributed by atoms with van der Waals surface area (Å²) in [7, 11) is 0. The summed E-state index contributed by atoms with van der Waals surface area (Å²) >= 11 is 1.99. The minimum absolute atomic E-state index is 0.619. The molecular formula is C12H19NS. The molecule has 1 rings (SSSR count). The Bertz CT molecular complexity index is 235. The molecule has 1 N–H and O–H groups in total. The normalized spacial score (nSPS) is 12.7. The van der Waals surface area contributed by atoms with Crippen molar-refractivity contribution in [2.75, 3.05) is 12.3 Å². The Kier molecular flexibility index (Phi) is 5.72. The monoisotopic (exact) mass is 209 g/mol. The topological polar surface area (TPSA) is 12.0 Å². The maximum atomic E-state index is 3.41. The molecule has 1 unspecified atom stereocenters. The predicted molar refractivity (Wildman–Crippen MR) is 65.7 cm³/mol. The van der Waals surface area contributed by atoms with E-state index in [4.69, 9.17) is 0 Å². The van der Waals surface area contributed by atoms with Gasteiger partial charge in [0.25, 0.3) is 0 Å². The Morgan fingerprint density at radius 1 is 1.29 bits per heavy atom. The van der Waals surface area contributed by atoms with Crippen LogP contribution in [0.5, 0.6) is 0 Å². The molecule has 0 radical (unpaired) electrons. The van der Waals surface area contributed by atoms with E-state index in [9.17, 15) is 0 Å². The third kappa shape index (κ3) is 4.68. The summed E-state index contributed by atoms with van der Waals surface area (Å²) in [6.45, 7) is 5.45. The summed E-state index contributed by atoms with van der Waals surface area (Å²) in [6.07, 6.45) is 0. The first kappa shape index (κ1) is 11.6. The second-order valence-electron chi connectivity index (χ2n) is 3.46. The van der Waals surface area contributed by atoms with Gasteiger partial charge >= 0.3 is 0 Å². The van der Waals surface area contributed by atoms with Crippen molar-refractivity contribution in [3.05, 3.63) is 35.9 Å². The number of hydrogen-bond acceptors (Lipinski definition) is 2. The second kappa shape index (κ2) is 6.91. The summed E-state index contributed by atoms with van der Waals surface area (Å²) in [5.41, 5.74) is 1.42. The highest BCUT2D eigenvalue weighted by atomic mass is 32.2. The van der Waals surface area contributed by atoms with Crippen molar-refractivity contribution in [1.29, 1.82) is 0 Å². The van der Waals surface area contributed by atoms with Crippen LogP contribution in [-0.4, -0.2) is 18.3 Å². The quantitative estimate of drug-likeness (QED) is 0.773. The molecule has 14 heavy (non-hydrogen) atoms. The van der Waals surface area contributed by atoms with Gasteiger partial charge in [0.1, 0.15) is 0 Å². The van der Waals surface area contributed by atoms with Crippen molar-refractivity contribution in [2.24, 2.45) is 0 Å². The van der Waals surface area contributed by atoms with Crippen LogP contribution in [0.4, 0.5) is 0 Å². The van der Waals surface area contributed by atoms with Crippen LogP contribution in [0.25, 0.3) is 0 Å². The molecule has 0 saturated heterocycles. The lowest BCUT2D eigenvalue weighted by Crippen LogP contribution is -2.27. The van der Waals surface area contributed by atoms with E-state index in [0.29, 0.717) is 6.04 Å². The van der Waals surface area contributed by atoms with Crippen LogP contribution < -0.4 is 5.32 Å². The van der Waals surface area contributed by atoms with Crippen LogP contribution in [-0.2, 0) is 5.75 Å². The van der Waals surface area contributed by atoms with Crippen molar-refractivity contribution in [1.82, 2.24) is 5.32 Å². The predicted octanol–water partition coefficient (Wildman–Crippen LogP) is 2.92. The fourth-order valence-electron chi connectivity index (χ4n) is 1.34. The van der Waals surface area contributed by atoms with Crippen LogP contribution >= 0.6 is 11.8 Å². The molecular weight excluding hydrogens is 190 g/mol. The molecule has 0 saturated carbocycles.